The van der Waals surface area contributed by atoms with Crippen molar-refractivity contribution in [3.05, 3.63) is 0 Å². The van der Waals surface area contributed by atoms with E-state index in [2.05, 4.69) is 11.9 Å². The summed E-state index contributed by atoms with van der Waals surface area (Å²) >= 11 is 0. The lowest BCUT2D eigenvalue weighted by molar-refractivity contribution is -0.128. The van der Waals surface area contributed by atoms with Gasteiger partial charge in [-0.15, -0.1) is 0 Å². The Hall–Kier alpha value is -1.26. The Balaban J connectivity index is 0. The van der Waals surface area contributed by atoms with E-state index < -0.39 is 0 Å². The Morgan fingerprint density at radius 1 is 1.19 bits per heavy atom. The molecule has 0 heterocycles. The molecule has 0 spiro atoms. The largest absolute Gasteiger partial charge is 0.370 e. The monoisotopic (exact) mass is 230 g/mol. The summed E-state index contributed by atoms with van der Waals surface area (Å²) in [5.41, 5.74) is 10.1. The molecular weight excluding hydrogens is 204 g/mol. The molecule has 0 radical (unpaired) electrons. The average Bonchev–Trinajstić information content (AvgIpc) is 2.19. The molecule has 0 aliphatic rings. The maximum Gasteiger partial charge on any atom is 0.222 e. The van der Waals surface area contributed by atoms with Crippen molar-refractivity contribution in [3.8, 4) is 0 Å². The van der Waals surface area contributed by atoms with Crippen molar-refractivity contribution in [2.24, 2.45) is 16.5 Å². The summed E-state index contributed by atoms with van der Waals surface area (Å²) < 4.78 is 0. The van der Waals surface area contributed by atoms with Gasteiger partial charge in [-0.25, -0.2) is 0 Å². The number of guanidine groups is 1. The van der Waals surface area contributed by atoms with Crippen molar-refractivity contribution < 1.29 is 4.79 Å². The molecule has 0 rings (SSSR count). The lowest BCUT2D eigenvalue weighted by Crippen LogP contribution is -2.22. The normalized spacial score (nSPS) is 8.75. The number of hydrogen-bond acceptors (Lipinski definition) is 2. The molecule has 0 saturated carbocycles. The summed E-state index contributed by atoms with van der Waals surface area (Å²) in [7, 11) is 3.55. The van der Waals surface area contributed by atoms with Gasteiger partial charge in [0.25, 0.3) is 0 Å². The summed E-state index contributed by atoms with van der Waals surface area (Å²) in [4.78, 5) is 16.1. The van der Waals surface area contributed by atoms with Gasteiger partial charge in [0.2, 0.25) is 5.91 Å². The van der Waals surface area contributed by atoms with Gasteiger partial charge in [-0.2, -0.15) is 0 Å². The van der Waals surface area contributed by atoms with Crippen molar-refractivity contribution in [1.29, 1.82) is 0 Å². The minimum Gasteiger partial charge on any atom is -0.370 e. The van der Waals surface area contributed by atoms with Crippen LogP contribution in [0.4, 0.5) is 0 Å². The molecule has 96 valence electrons. The van der Waals surface area contributed by atoms with Crippen LogP contribution in [-0.4, -0.2) is 37.4 Å². The number of amides is 1. The van der Waals surface area contributed by atoms with Crippen LogP contribution in [0.1, 0.15) is 39.5 Å². The summed E-state index contributed by atoms with van der Waals surface area (Å²) in [6.45, 7) is 4.86. The van der Waals surface area contributed by atoms with E-state index in [9.17, 15) is 4.79 Å². The zero-order valence-electron chi connectivity index (χ0n) is 11.0. The highest BCUT2D eigenvalue weighted by Crippen LogP contribution is 1.89. The molecule has 0 atom stereocenters. The summed E-state index contributed by atoms with van der Waals surface area (Å²) in [6.07, 6.45) is 3.82. The first-order valence-electron chi connectivity index (χ1n) is 5.71. The van der Waals surface area contributed by atoms with Crippen LogP contribution >= 0.6 is 0 Å². The van der Waals surface area contributed by atoms with Gasteiger partial charge in [0, 0.05) is 27.1 Å². The first-order chi connectivity index (χ1) is 7.45. The third-order valence-corrected chi connectivity index (χ3v) is 1.77. The molecule has 0 aliphatic heterocycles. The van der Waals surface area contributed by atoms with Crippen molar-refractivity contribution >= 4 is 11.9 Å². The lowest BCUT2D eigenvalue weighted by atomic mass is 10.3. The Bertz CT molecular complexity index is 198. The Morgan fingerprint density at radius 2 is 1.75 bits per heavy atom. The zero-order valence-corrected chi connectivity index (χ0v) is 11.0. The van der Waals surface area contributed by atoms with Gasteiger partial charge in [-0.1, -0.05) is 20.3 Å². The molecule has 5 heteroatoms. The molecule has 5 nitrogen and oxygen atoms in total. The average molecular weight is 230 g/mol. The Labute approximate surface area is 98.9 Å². The molecule has 4 N–H and O–H groups in total. The smallest absolute Gasteiger partial charge is 0.222 e. The topological polar surface area (TPSA) is 84.7 Å². The van der Waals surface area contributed by atoms with Crippen LogP contribution in [0.2, 0.25) is 0 Å². The third-order valence-electron chi connectivity index (χ3n) is 1.77. The highest BCUT2D eigenvalue weighted by atomic mass is 16.2. The molecule has 0 saturated heterocycles. The molecule has 0 aromatic carbocycles. The molecule has 0 aromatic rings. The van der Waals surface area contributed by atoms with Crippen LogP contribution in [0, 0.1) is 0 Å². The minimum atomic E-state index is 0.193. The van der Waals surface area contributed by atoms with E-state index in [1.165, 1.54) is 0 Å². The van der Waals surface area contributed by atoms with Crippen LogP contribution < -0.4 is 11.5 Å². The predicted molar refractivity (Wildman–Crippen MR) is 69.2 cm³/mol. The van der Waals surface area contributed by atoms with E-state index >= 15 is 0 Å². The number of nitrogens with two attached hydrogens (primary N) is 2. The maximum atomic E-state index is 10.7. The standard InChI is InChI=1S/C6H13NO.C5H13N3/c1-4-5-6(8)7(2)3;1-2-3-4-8-5(6)7/h4-5H2,1-3H3;2-4H2,1H3,(H4,6,7,8). The molecule has 0 aromatic heterocycles. The quantitative estimate of drug-likeness (QED) is 0.418. The number of aliphatic imine (C=N–C) groups is 1. The fraction of sp³-hybridized carbons (Fsp3) is 0.818. The molecule has 0 aliphatic carbocycles. The molecule has 1 amide bonds. The Kier molecular flexibility index (Phi) is 12.7. The second kappa shape index (κ2) is 11.8. The van der Waals surface area contributed by atoms with E-state index in [0.29, 0.717) is 6.42 Å². The second-order valence-electron chi connectivity index (χ2n) is 3.70. The van der Waals surface area contributed by atoms with Crippen molar-refractivity contribution in [1.82, 2.24) is 4.90 Å². The van der Waals surface area contributed by atoms with Gasteiger partial charge in [0.1, 0.15) is 0 Å². The van der Waals surface area contributed by atoms with E-state index in [1.54, 1.807) is 19.0 Å². The molecular formula is C11H26N4O. The van der Waals surface area contributed by atoms with Crippen LogP contribution in [0.15, 0.2) is 4.99 Å². The summed E-state index contributed by atoms with van der Waals surface area (Å²) in [6, 6.07) is 0. The van der Waals surface area contributed by atoms with E-state index in [0.717, 1.165) is 25.8 Å². The summed E-state index contributed by atoms with van der Waals surface area (Å²) in [5, 5.41) is 0. The van der Waals surface area contributed by atoms with Crippen LogP contribution in [-0.2, 0) is 4.79 Å². The number of hydrogen-bond donors (Lipinski definition) is 2. The molecule has 0 bridgehead atoms. The maximum absolute atomic E-state index is 10.7. The first kappa shape index (κ1) is 17.1. The van der Waals surface area contributed by atoms with E-state index in [1.807, 2.05) is 6.92 Å². The molecule has 0 unspecified atom stereocenters. The van der Waals surface area contributed by atoms with E-state index in [-0.39, 0.29) is 11.9 Å². The number of nitrogens with zero attached hydrogens (tertiary/aromatic N) is 2. The predicted octanol–water partition coefficient (Wildman–Crippen LogP) is 0.935. The van der Waals surface area contributed by atoms with Crippen molar-refractivity contribution in [3.63, 3.8) is 0 Å². The first-order valence-corrected chi connectivity index (χ1v) is 5.71. The van der Waals surface area contributed by atoms with Gasteiger partial charge >= 0.3 is 0 Å². The van der Waals surface area contributed by atoms with Gasteiger partial charge < -0.3 is 16.4 Å². The van der Waals surface area contributed by atoms with Gasteiger partial charge in [0.15, 0.2) is 5.96 Å². The highest BCUT2D eigenvalue weighted by Gasteiger charge is 1.98. The van der Waals surface area contributed by atoms with Crippen LogP contribution in [0.5, 0.6) is 0 Å². The number of rotatable bonds is 5. The van der Waals surface area contributed by atoms with Gasteiger partial charge in [-0.3, -0.25) is 9.79 Å². The molecule has 16 heavy (non-hydrogen) atoms. The number of carbonyl (C=O) groups is 1. The van der Waals surface area contributed by atoms with Crippen LogP contribution in [0.25, 0.3) is 0 Å². The van der Waals surface area contributed by atoms with E-state index in [4.69, 9.17) is 11.5 Å². The Morgan fingerprint density at radius 3 is 2.00 bits per heavy atom. The SMILES string of the molecule is CCCC(=O)N(C)C.CCCCN=C(N)N. The zero-order chi connectivity index (χ0) is 13.0. The van der Waals surface area contributed by atoms with Gasteiger partial charge in [-0.05, 0) is 12.8 Å². The third kappa shape index (κ3) is 15.2. The van der Waals surface area contributed by atoms with Crippen molar-refractivity contribution in [2.45, 2.75) is 39.5 Å². The second-order valence-corrected chi connectivity index (χ2v) is 3.70. The minimum absolute atomic E-state index is 0.193. The lowest BCUT2D eigenvalue weighted by Gasteiger charge is -2.07. The highest BCUT2D eigenvalue weighted by molar-refractivity contribution is 5.75. The molecule has 0 fully saturated rings. The fourth-order valence-corrected chi connectivity index (χ4v) is 0.804. The number of carbonyl (C=O) groups excluding carboxylic acids is 1. The number of unbranched alkanes of at least 4 members (excludes halogenated alkanes) is 1. The fourth-order valence-electron chi connectivity index (χ4n) is 0.804. The van der Waals surface area contributed by atoms with Gasteiger partial charge in [0.05, 0.1) is 0 Å². The van der Waals surface area contributed by atoms with Crippen molar-refractivity contribution in [2.75, 3.05) is 20.6 Å². The van der Waals surface area contributed by atoms with Crippen LogP contribution in [0.3, 0.4) is 0 Å². The summed E-state index contributed by atoms with van der Waals surface area (Å²) in [5.74, 6) is 0.408.